The molecule has 0 aliphatic rings. The first-order valence-electron chi connectivity index (χ1n) is 6.29. The maximum absolute atomic E-state index is 9.32. The third kappa shape index (κ3) is 3.44. The summed E-state index contributed by atoms with van der Waals surface area (Å²) >= 11 is 5.89. The average molecular weight is 293 g/mol. The van der Waals surface area contributed by atoms with Crippen molar-refractivity contribution in [3.8, 4) is 11.5 Å². The van der Waals surface area contributed by atoms with E-state index in [9.17, 15) is 5.11 Å². The zero-order valence-electron chi connectivity index (χ0n) is 11.5. The van der Waals surface area contributed by atoms with Crippen molar-refractivity contribution in [1.82, 2.24) is 0 Å². The van der Waals surface area contributed by atoms with Crippen molar-refractivity contribution >= 4 is 11.6 Å². The molecule has 0 fully saturated rings. The molecule has 0 amide bonds. The lowest BCUT2D eigenvalue weighted by Gasteiger charge is -2.13. The summed E-state index contributed by atoms with van der Waals surface area (Å²) in [6, 6.07) is 11.1. The van der Waals surface area contributed by atoms with Crippen molar-refractivity contribution in [3.05, 3.63) is 58.1 Å². The predicted molar refractivity (Wildman–Crippen MR) is 79.4 cm³/mol. The van der Waals surface area contributed by atoms with Crippen molar-refractivity contribution in [2.45, 2.75) is 20.1 Å². The fraction of sp³-hybridized carbons (Fsp3) is 0.250. The molecule has 20 heavy (non-hydrogen) atoms. The van der Waals surface area contributed by atoms with E-state index in [4.69, 9.17) is 21.1 Å². The van der Waals surface area contributed by atoms with E-state index in [2.05, 4.69) is 0 Å². The fourth-order valence-corrected chi connectivity index (χ4v) is 2.18. The number of ether oxygens (including phenoxy) is 2. The number of aliphatic hydroxyl groups excluding tert-OH is 1. The van der Waals surface area contributed by atoms with Crippen molar-refractivity contribution in [1.29, 1.82) is 0 Å². The lowest BCUT2D eigenvalue weighted by molar-refractivity contribution is 0.257. The van der Waals surface area contributed by atoms with Crippen LogP contribution in [0.2, 0.25) is 5.02 Å². The summed E-state index contributed by atoms with van der Waals surface area (Å²) in [5, 5.41) is 9.90. The normalized spacial score (nSPS) is 10.4. The van der Waals surface area contributed by atoms with Gasteiger partial charge in [0.2, 0.25) is 0 Å². The van der Waals surface area contributed by atoms with Gasteiger partial charge in [0.15, 0.2) is 0 Å². The molecule has 0 saturated carbocycles. The largest absolute Gasteiger partial charge is 0.496 e. The lowest BCUT2D eigenvalue weighted by atomic mass is 10.1. The molecule has 0 aliphatic heterocycles. The van der Waals surface area contributed by atoms with Gasteiger partial charge in [0.05, 0.1) is 13.7 Å². The Bertz CT molecular complexity index is 596. The lowest BCUT2D eigenvalue weighted by Crippen LogP contribution is -2.01. The van der Waals surface area contributed by atoms with Crippen LogP contribution in [0.15, 0.2) is 36.4 Å². The van der Waals surface area contributed by atoms with Crippen molar-refractivity contribution in [2.24, 2.45) is 0 Å². The van der Waals surface area contributed by atoms with Gasteiger partial charge in [-0.05, 0) is 37.3 Å². The maximum Gasteiger partial charge on any atom is 0.125 e. The van der Waals surface area contributed by atoms with Crippen LogP contribution >= 0.6 is 11.6 Å². The van der Waals surface area contributed by atoms with E-state index in [1.54, 1.807) is 25.3 Å². The summed E-state index contributed by atoms with van der Waals surface area (Å²) in [6.45, 7) is 2.28. The topological polar surface area (TPSA) is 38.7 Å². The Morgan fingerprint density at radius 3 is 2.50 bits per heavy atom. The Morgan fingerprint density at radius 2 is 1.80 bits per heavy atom. The summed E-state index contributed by atoms with van der Waals surface area (Å²) in [5.41, 5.74) is 2.78. The van der Waals surface area contributed by atoms with Gasteiger partial charge < -0.3 is 14.6 Å². The van der Waals surface area contributed by atoms with E-state index < -0.39 is 0 Å². The Morgan fingerprint density at radius 1 is 1.05 bits per heavy atom. The zero-order chi connectivity index (χ0) is 14.5. The van der Waals surface area contributed by atoms with Crippen LogP contribution in [0.3, 0.4) is 0 Å². The number of aliphatic hydroxyl groups is 1. The molecule has 0 unspecified atom stereocenters. The fourth-order valence-electron chi connectivity index (χ4n) is 1.99. The molecule has 0 bridgehead atoms. The second-order valence-corrected chi connectivity index (χ2v) is 4.95. The predicted octanol–water partition coefficient (Wildman–Crippen LogP) is 3.73. The molecule has 0 saturated heterocycles. The second-order valence-electron chi connectivity index (χ2n) is 4.51. The summed E-state index contributed by atoms with van der Waals surface area (Å²) in [6.07, 6.45) is 0. The van der Waals surface area contributed by atoms with E-state index >= 15 is 0 Å². The Balaban J connectivity index is 2.18. The SMILES string of the molecule is COc1ccc(C)cc1COc1ccc(Cl)cc1CO. The molecule has 0 spiro atoms. The van der Waals surface area contributed by atoms with Gasteiger partial charge in [-0.25, -0.2) is 0 Å². The van der Waals surface area contributed by atoms with Gasteiger partial charge in [-0.15, -0.1) is 0 Å². The van der Waals surface area contributed by atoms with Crippen LogP contribution in [0.4, 0.5) is 0 Å². The number of halogens is 1. The first-order valence-corrected chi connectivity index (χ1v) is 6.67. The van der Waals surface area contributed by atoms with Gasteiger partial charge >= 0.3 is 0 Å². The smallest absolute Gasteiger partial charge is 0.125 e. The van der Waals surface area contributed by atoms with Crippen LogP contribution in [-0.2, 0) is 13.2 Å². The minimum absolute atomic E-state index is 0.110. The number of hydrogen-bond donors (Lipinski definition) is 1. The molecule has 0 radical (unpaired) electrons. The van der Waals surface area contributed by atoms with Crippen LogP contribution in [0, 0.1) is 6.92 Å². The molecule has 0 aliphatic carbocycles. The standard InChI is InChI=1S/C16H17ClO3/c1-11-3-5-15(19-2)13(7-11)10-20-16-6-4-14(17)8-12(16)9-18/h3-8,18H,9-10H2,1-2H3. The minimum Gasteiger partial charge on any atom is -0.496 e. The highest BCUT2D eigenvalue weighted by Crippen LogP contribution is 2.26. The second kappa shape index (κ2) is 6.64. The van der Waals surface area contributed by atoms with Crippen LogP contribution in [-0.4, -0.2) is 12.2 Å². The molecule has 0 heterocycles. The van der Waals surface area contributed by atoms with Crippen molar-refractivity contribution in [3.63, 3.8) is 0 Å². The first-order chi connectivity index (χ1) is 9.63. The summed E-state index contributed by atoms with van der Waals surface area (Å²) in [7, 11) is 1.63. The van der Waals surface area contributed by atoms with Gasteiger partial charge in [-0.1, -0.05) is 23.2 Å². The Kier molecular flexibility index (Phi) is 4.88. The van der Waals surface area contributed by atoms with Gasteiger partial charge in [0.25, 0.3) is 0 Å². The van der Waals surface area contributed by atoms with Gasteiger partial charge in [-0.3, -0.25) is 0 Å². The van der Waals surface area contributed by atoms with Gasteiger partial charge in [0, 0.05) is 16.1 Å². The highest BCUT2D eigenvalue weighted by Gasteiger charge is 2.07. The van der Waals surface area contributed by atoms with Crippen LogP contribution in [0.25, 0.3) is 0 Å². The Labute approximate surface area is 123 Å². The van der Waals surface area contributed by atoms with E-state index in [1.165, 1.54) is 0 Å². The van der Waals surface area contributed by atoms with Crippen molar-refractivity contribution < 1.29 is 14.6 Å². The van der Waals surface area contributed by atoms with Gasteiger partial charge in [0.1, 0.15) is 18.1 Å². The monoisotopic (exact) mass is 292 g/mol. The molecule has 4 heteroatoms. The molecular weight excluding hydrogens is 276 g/mol. The quantitative estimate of drug-likeness (QED) is 0.912. The minimum atomic E-state index is -0.110. The summed E-state index contributed by atoms with van der Waals surface area (Å²) < 4.78 is 11.1. The molecular formula is C16H17ClO3. The molecule has 0 atom stereocenters. The summed E-state index contributed by atoms with van der Waals surface area (Å²) in [5.74, 6) is 1.41. The van der Waals surface area contributed by atoms with Crippen molar-refractivity contribution in [2.75, 3.05) is 7.11 Å². The van der Waals surface area contributed by atoms with E-state index in [0.717, 1.165) is 16.9 Å². The maximum atomic E-state index is 9.32. The van der Waals surface area contributed by atoms with Crippen LogP contribution in [0.1, 0.15) is 16.7 Å². The first kappa shape index (κ1) is 14.7. The highest BCUT2D eigenvalue weighted by atomic mass is 35.5. The number of methoxy groups -OCH3 is 1. The van der Waals surface area contributed by atoms with Crippen LogP contribution in [0.5, 0.6) is 11.5 Å². The Hall–Kier alpha value is -1.71. The third-order valence-electron chi connectivity index (χ3n) is 3.01. The molecule has 106 valence electrons. The van der Waals surface area contributed by atoms with E-state index in [-0.39, 0.29) is 6.61 Å². The zero-order valence-corrected chi connectivity index (χ0v) is 12.3. The number of benzene rings is 2. The highest BCUT2D eigenvalue weighted by molar-refractivity contribution is 6.30. The number of aryl methyl sites for hydroxylation is 1. The molecule has 2 rings (SSSR count). The third-order valence-corrected chi connectivity index (χ3v) is 3.25. The van der Waals surface area contributed by atoms with E-state index in [1.807, 2.05) is 25.1 Å². The van der Waals surface area contributed by atoms with E-state index in [0.29, 0.717) is 22.9 Å². The average Bonchev–Trinajstić information content (AvgIpc) is 2.46. The number of hydrogen-bond acceptors (Lipinski definition) is 3. The molecule has 2 aromatic rings. The van der Waals surface area contributed by atoms with Crippen LogP contribution < -0.4 is 9.47 Å². The summed E-state index contributed by atoms with van der Waals surface area (Å²) in [4.78, 5) is 0. The number of rotatable bonds is 5. The molecule has 0 aromatic heterocycles. The molecule has 2 aromatic carbocycles. The van der Waals surface area contributed by atoms with Gasteiger partial charge in [-0.2, -0.15) is 0 Å². The molecule has 1 N–H and O–H groups in total. The molecule has 3 nitrogen and oxygen atoms in total.